The van der Waals surface area contributed by atoms with E-state index in [9.17, 15) is 4.79 Å². The molecule has 3 heterocycles. The lowest BCUT2D eigenvalue weighted by Gasteiger charge is -2.56. The number of fused-ring (bicyclic) bond motifs is 2. The number of hydrogen-bond acceptors (Lipinski definition) is 3. The number of ether oxygens (including phenoxy) is 1. The third-order valence-corrected chi connectivity index (χ3v) is 3.54. The molecule has 0 aromatic carbocycles. The van der Waals surface area contributed by atoms with E-state index in [0.29, 0.717) is 12.1 Å². The van der Waals surface area contributed by atoms with Crippen LogP contribution in [0.3, 0.4) is 0 Å². The van der Waals surface area contributed by atoms with Crippen molar-refractivity contribution in [2.24, 2.45) is 0 Å². The minimum absolute atomic E-state index is 0.136. The Balaban J connectivity index is 1.82. The van der Waals surface area contributed by atoms with Crippen molar-refractivity contribution in [3.05, 3.63) is 0 Å². The van der Waals surface area contributed by atoms with Gasteiger partial charge in [-0.2, -0.15) is 0 Å². The zero-order chi connectivity index (χ0) is 11.7. The number of hydrogen-bond donors (Lipinski definition) is 0. The number of likely N-dealkylation sites (N-methyl/N-ethyl adjacent to an activating group) is 1. The molecule has 4 heteroatoms. The van der Waals surface area contributed by atoms with Crippen LogP contribution in [0.1, 0.15) is 27.2 Å². The summed E-state index contributed by atoms with van der Waals surface area (Å²) < 4.78 is 5.37. The van der Waals surface area contributed by atoms with Gasteiger partial charge in [-0.05, 0) is 26.8 Å². The number of carbonyl (C=O) groups excluding carboxylic acids is 1. The van der Waals surface area contributed by atoms with Crippen LogP contribution in [-0.2, 0) is 9.53 Å². The molecule has 0 aliphatic carbocycles. The maximum Gasteiger partial charge on any atom is 0.249 e. The van der Waals surface area contributed by atoms with E-state index in [1.165, 1.54) is 6.42 Å². The second-order valence-electron chi connectivity index (χ2n) is 5.06. The molecule has 92 valence electrons. The Morgan fingerprint density at radius 3 is 2.50 bits per heavy atom. The van der Waals surface area contributed by atoms with Crippen LogP contribution in [0.2, 0.25) is 0 Å². The number of piperazine rings is 1. The van der Waals surface area contributed by atoms with Gasteiger partial charge in [-0.1, -0.05) is 6.92 Å². The number of amides is 1. The van der Waals surface area contributed by atoms with Gasteiger partial charge in [0.25, 0.3) is 0 Å². The van der Waals surface area contributed by atoms with Crippen molar-refractivity contribution >= 4 is 5.91 Å². The molecule has 4 nitrogen and oxygen atoms in total. The highest BCUT2D eigenvalue weighted by Gasteiger charge is 2.46. The van der Waals surface area contributed by atoms with Gasteiger partial charge in [-0.15, -0.1) is 0 Å². The minimum Gasteiger partial charge on any atom is -0.369 e. The summed E-state index contributed by atoms with van der Waals surface area (Å²) in [4.78, 5) is 16.4. The highest BCUT2D eigenvalue weighted by Crippen LogP contribution is 2.32. The maximum atomic E-state index is 11.9. The molecule has 3 fully saturated rings. The average molecular weight is 226 g/mol. The van der Waals surface area contributed by atoms with Gasteiger partial charge in [0.1, 0.15) is 6.61 Å². The Hall–Kier alpha value is -0.610. The van der Waals surface area contributed by atoms with Gasteiger partial charge in [0.2, 0.25) is 5.91 Å². The summed E-state index contributed by atoms with van der Waals surface area (Å²) in [7, 11) is 0. The summed E-state index contributed by atoms with van der Waals surface area (Å²) in [5, 5.41) is 0. The first-order valence-electron chi connectivity index (χ1n) is 6.27. The smallest absolute Gasteiger partial charge is 0.249 e. The van der Waals surface area contributed by atoms with Crippen LogP contribution >= 0.6 is 0 Å². The molecule has 3 saturated heterocycles. The summed E-state index contributed by atoms with van der Waals surface area (Å²) >= 11 is 0. The molecule has 16 heavy (non-hydrogen) atoms. The Morgan fingerprint density at radius 2 is 2.00 bits per heavy atom. The summed E-state index contributed by atoms with van der Waals surface area (Å²) in [6.07, 6.45) is 1.32. The summed E-state index contributed by atoms with van der Waals surface area (Å²) in [5.41, 5.74) is 0. The number of carbonyl (C=O) groups is 1. The number of nitrogens with zero attached hydrogens (tertiary/aromatic N) is 2. The van der Waals surface area contributed by atoms with Gasteiger partial charge in [-0.25, -0.2) is 0 Å². The Morgan fingerprint density at radius 1 is 1.38 bits per heavy atom. The summed E-state index contributed by atoms with van der Waals surface area (Å²) in [6, 6.07) is 0.893. The van der Waals surface area contributed by atoms with Crippen LogP contribution in [-0.4, -0.2) is 60.1 Å². The topological polar surface area (TPSA) is 32.8 Å². The van der Waals surface area contributed by atoms with Crippen molar-refractivity contribution in [2.45, 2.75) is 45.4 Å². The Bertz CT molecular complexity index is 256. The fourth-order valence-corrected chi connectivity index (χ4v) is 2.67. The quantitative estimate of drug-likeness (QED) is 0.708. The fourth-order valence-electron chi connectivity index (χ4n) is 2.67. The molecule has 0 aromatic rings. The maximum absolute atomic E-state index is 11.9. The number of rotatable bonds is 4. The lowest BCUT2D eigenvalue weighted by atomic mass is 9.87. The van der Waals surface area contributed by atoms with Gasteiger partial charge in [-0.3, -0.25) is 9.69 Å². The highest BCUT2D eigenvalue weighted by molar-refractivity contribution is 5.79. The minimum atomic E-state index is 0.136. The monoisotopic (exact) mass is 226 g/mol. The first kappa shape index (κ1) is 11.9. The SMILES string of the molecule is CCN1CC2CC(C1)N2C(=O)COC(C)C. The molecule has 0 N–H and O–H groups in total. The van der Waals surface area contributed by atoms with Crippen molar-refractivity contribution in [3.8, 4) is 0 Å². The van der Waals surface area contributed by atoms with Crippen LogP contribution in [0.15, 0.2) is 0 Å². The van der Waals surface area contributed by atoms with Gasteiger partial charge >= 0.3 is 0 Å². The van der Waals surface area contributed by atoms with E-state index >= 15 is 0 Å². The van der Waals surface area contributed by atoms with Gasteiger partial charge < -0.3 is 9.64 Å². The highest BCUT2D eigenvalue weighted by atomic mass is 16.5. The molecule has 3 aliphatic rings. The molecule has 3 rings (SSSR count). The van der Waals surface area contributed by atoms with E-state index in [1.807, 2.05) is 18.7 Å². The van der Waals surface area contributed by atoms with E-state index < -0.39 is 0 Å². The zero-order valence-corrected chi connectivity index (χ0v) is 10.5. The van der Waals surface area contributed by atoms with E-state index in [1.54, 1.807) is 0 Å². The van der Waals surface area contributed by atoms with E-state index in [0.717, 1.165) is 19.6 Å². The first-order valence-corrected chi connectivity index (χ1v) is 6.27. The molecular formula is C12H22N2O2. The normalized spacial score (nSPS) is 29.4. The van der Waals surface area contributed by atoms with Crippen LogP contribution in [0.4, 0.5) is 0 Å². The van der Waals surface area contributed by atoms with Gasteiger partial charge in [0.05, 0.1) is 6.10 Å². The van der Waals surface area contributed by atoms with E-state index in [2.05, 4.69) is 11.8 Å². The molecule has 3 aliphatic heterocycles. The molecule has 2 unspecified atom stereocenters. The zero-order valence-electron chi connectivity index (χ0n) is 10.5. The fraction of sp³-hybridized carbons (Fsp3) is 0.917. The average Bonchev–Trinajstić information content (AvgIpc) is 2.26. The van der Waals surface area contributed by atoms with Crippen molar-refractivity contribution < 1.29 is 9.53 Å². The van der Waals surface area contributed by atoms with Crippen molar-refractivity contribution in [1.29, 1.82) is 0 Å². The van der Waals surface area contributed by atoms with Crippen LogP contribution in [0.5, 0.6) is 0 Å². The van der Waals surface area contributed by atoms with Crippen LogP contribution in [0, 0.1) is 0 Å². The molecule has 0 saturated carbocycles. The van der Waals surface area contributed by atoms with E-state index in [-0.39, 0.29) is 18.6 Å². The second kappa shape index (κ2) is 4.72. The predicted octanol–water partition coefficient (Wildman–Crippen LogP) is 0.716. The van der Waals surface area contributed by atoms with Crippen molar-refractivity contribution in [3.63, 3.8) is 0 Å². The molecule has 2 bridgehead atoms. The standard InChI is InChI=1S/C12H22N2O2/c1-4-13-6-10-5-11(7-13)14(10)12(15)8-16-9(2)3/h9-11H,4-8H2,1-3H3. The summed E-state index contributed by atoms with van der Waals surface area (Å²) in [5.74, 6) is 0.172. The van der Waals surface area contributed by atoms with E-state index in [4.69, 9.17) is 4.74 Å². The first-order chi connectivity index (χ1) is 7.61. The van der Waals surface area contributed by atoms with Crippen molar-refractivity contribution in [2.75, 3.05) is 26.2 Å². The van der Waals surface area contributed by atoms with Crippen LogP contribution < -0.4 is 0 Å². The Labute approximate surface area is 97.5 Å². The molecule has 2 atom stereocenters. The second-order valence-corrected chi connectivity index (χ2v) is 5.06. The lowest BCUT2D eigenvalue weighted by molar-refractivity contribution is -0.159. The molecular weight excluding hydrogens is 204 g/mol. The molecule has 1 amide bonds. The largest absolute Gasteiger partial charge is 0.369 e. The number of piperidine rings is 1. The third kappa shape index (κ3) is 2.23. The Kier molecular flexibility index (Phi) is 3.50. The molecule has 0 radical (unpaired) electrons. The van der Waals surface area contributed by atoms with Gasteiger partial charge in [0, 0.05) is 25.2 Å². The summed E-state index contributed by atoms with van der Waals surface area (Å²) in [6.45, 7) is 9.53. The van der Waals surface area contributed by atoms with Gasteiger partial charge in [0.15, 0.2) is 0 Å². The molecule has 0 aromatic heterocycles. The third-order valence-electron chi connectivity index (χ3n) is 3.54. The van der Waals surface area contributed by atoms with Crippen molar-refractivity contribution in [1.82, 2.24) is 9.80 Å². The molecule has 0 spiro atoms. The predicted molar refractivity (Wildman–Crippen MR) is 62.2 cm³/mol. The lowest BCUT2D eigenvalue weighted by Crippen LogP contribution is -2.70. The van der Waals surface area contributed by atoms with Crippen LogP contribution in [0.25, 0.3) is 0 Å².